The van der Waals surface area contributed by atoms with Crippen molar-refractivity contribution in [3.8, 4) is 16.2 Å². The summed E-state index contributed by atoms with van der Waals surface area (Å²) < 4.78 is 16.7. The molecule has 0 saturated carbocycles. The van der Waals surface area contributed by atoms with E-state index in [1.54, 1.807) is 56.4 Å². The first-order valence-corrected chi connectivity index (χ1v) is 17.8. The van der Waals surface area contributed by atoms with E-state index in [1.807, 2.05) is 57.5 Å². The van der Waals surface area contributed by atoms with Gasteiger partial charge in [-0.25, -0.2) is 9.78 Å². The predicted octanol–water partition coefficient (Wildman–Crippen LogP) is 5.14. The molecule has 1 saturated heterocycles. The van der Waals surface area contributed by atoms with Gasteiger partial charge in [0, 0.05) is 31.7 Å². The van der Waals surface area contributed by atoms with E-state index in [9.17, 15) is 19.5 Å². The van der Waals surface area contributed by atoms with Crippen LogP contribution < -0.4 is 20.7 Å². The van der Waals surface area contributed by atoms with Gasteiger partial charge in [-0.3, -0.25) is 14.9 Å². The van der Waals surface area contributed by atoms with Gasteiger partial charge in [-0.15, -0.1) is 11.3 Å². The number of nitrogens with one attached hydrogen (secondary N) is 3. The Kier molecular flexibility index (Phi) is 13.4. The molecule has 4 N–H and O–H groups in total. The summed E-state index contributed by atoms with van der Waals surface area (Å²) in [5.41, 5.74) is 4.37. The van der Waals surface area contributed by atoms with Crippen molar-refractivity contribution >= 4 is 34.9 Å². The Balaban J connectivity index is 1.21. The highest BCUT2D eigenvalue weighted by Gasteiger charge is 2.43. The highest BCUT2D eigenvalue weighted by Crippen LogP contribution is 2.28. The number of rotatable bonds is 14. The van der Waals surface area contributed by atoms with Crippen LogP contribution >= 0.6 is 11.3 Å². The Morgan fingerprint density at radius 1 is 1.00 bits per heavy atom. The zero-order chi connectivity index (χ0) is 36.5. The third kappa shape index (κ3) is 11.5. The highest BCUT2D eigenvalue weighted by atomic mass is 32.1. The van der Waals surface area contributed by atoms with Crippen molar-refractivity contribution in [1.29, 1.82) is 0 Å². The van der Waals surface area contributed by atoms with Crippen LogP contribution in [0.2, 0.25) is 0 Å². The van der Waals surface area contributed by atoms with Gasteiger partial charge in [0.15, 0.2) is 0 Å². The summed E-state index contributed by atoms with van der Waals surface area (Å²) in [6.07, 6.45) is -1.12. The van der Waals surface area contributed by atoms with E-state index in [-0.39, 0.29) is 24.8 Å². The molecule has 0 radical (unpaired) electrons. The molecule has 0 unspecified atom stereocenters. The lowest BCUT2D eigenvalue weighted by molar-refractivity contribution is -0.142. The van der Waals surface area contributed by atoms with Gasteiger partial charge in [0.1, 0.15) is 24.0 Å². The van der Waals surface area contributed by atoms with Crippen LogP contribution in [0.5, 0.6) is 5.75 Å². The van der Waals surface area contributed by atoms with Crippen LogP contribution in [0, 0.1) is 12.3 Å². The molecule has 12 nitrogen and oxygen atoms in total. The second-order valence-electron chi connectivity index (χ2n) is 14.4. The lowest BCUT2D eigenvalue weighted by atomic mass is 9.85. The average Bonchev–Trinajstić information content (AvgIpc) is 3.65. The second kappa shape index (κ2) is 17.3. The van der Waals surface area contributed by atoms with Crippen LogP contribution in [0.3, 0.4) is 0 Å². The fourth-order valence-electron chi connectivity index (χ4n) is 5.55. The third-order valence-corrected chi connectivity index (χ3v) is 8.97. The number of carbonyl (C=O) groups excluding carboxylic acids is 3. The number of aliphatic hydroxyl groups excluding tert-OH is 1. The van der Waals surface area contributed by atoms with E-state index in [0.29, 0.717) is 44.3 Å². The number of hydrogen-bond donors (Lipinski definition) is 4. The summed E-state index contributed by atoms with van der Waals surface area (Å²) in [6, 6.07) is 13.6. The smallest absolute Gasteiger partial charge is 0.412 e. The number of benzene rings is 2. The van der Waals surface area contributed by atoms with E-state index in [4.69, 9.17) is 14.2 Å². The van der Waals surface area contributed by atoms with Crippen molar-refractivity contribution in [3.63, 3.8) is 0 Å². The van der Waals surface area contributed by atoms with Crippen molar-refractivity contribution in [3.05, 3.63) is 65.3 Å². The average molecular weight is 710 g/mol. The van der Waals surface area contributed by atoms with Gasteiger partial charge in [-0.05, 0) is 68.5 Å². The lowest BCUT2D eigenvalue weighted by Crippen LogP contribution is -2.57. The molecule has 4 rings (SSSR count). The van der Waals surface area contributed by atoms with Gasteiger partial charge in [-0.2, -0.15) is 0 Å². The van der Waals surface area contributed by atoms with Crippen LogP contribution in [-0.2, 0) is 25.6 Å². The van der Waals surface area contributed by atoms with Crippen LogP contribution in [0.1, 0.15) is 59.2 Å². The van der Waals surface area contributed by atoms with Crippen molar-refractivity contribution in [2.45, 2.75) is 85.2 Å². The molecule has 3 aromatic rings. The van der Waals surface area contributed by atoms with Crippen molar-refractivity contribution in [1.82, 2.24) is 20.5 Å². The molecule has 1 fully saturated rings. The number of ether oxygens (including phenoxy) is 3. The SMILES string of the molecule is Cc1ncsc1-c1ccc(CNC(=O)[C@@H]2C[C@@H](O)CN2C(=O)[C@@H](NCCOCCOc2ccc(NC(=O)OC(C)(C)C)cc2)C(C)(C)C)cc1. The molecule has 2 heterocycles. The zero-order valence-electron chi connectivity index (χ0n) is 30.1. The van der Waals surface area contributed by atoms with Gasteiger partial charge >= 0.3 is 6.09 Å². The van der Waals surface area contributed by atoms with E-state index in [0.717, 1.165) is 21.7 Å². The Morgan fingerprint density at radius 3 is 2.32 bits per heavy atom. The number of β-amino-alcohol motifs (C(OH)–C–C–N with tert-alkyl or cyclic N) is 1. The normalized spacial score (nSPS) is 16.9. The highest BCUT2D eigenvalue weighted by molar-refractivity contribution is 7.13. The maximum atomic E-state index is 13.8. The molecule has 1 aromatic heterocycles. The van der Waals surface area contributed by atoms with Crippen LogP contribution in [0.4, 0.5) is 10.5 Å². The summed E-state index contributed by atoms with van der Waals surface area (Å²) in [6.45, 7) is 15.1. The number of aliphatic hydroxyl groups is 1. The molecule has 272 valence electrons. The molecule has 1 aliphatic heterocycles. The maximum Gasteiger partial charge on any atom is 0.412 e. The monoisotopic (exact) mass is 709 g/mol. The lowest BCUT2D eigenvalue weighted by Gasteiger charge is -2.35. The number of nitrogens with zero attached hydrogens (tertiary/aromatic N) is 2. The molecule has 0 bridgehead atoms. The summed E-state index contributed by atoms with van der Waals surface area (Å²) in [5.74, 6) is 0.111. The first kappa shape index (κ1) is 38.8. The Labute approximate surface area is 298 Å². The largest absolute Gasteiger partial charge is 0.491 e. The first-order valence-electron chi connectivity index (χ1n) is 16.9. The number of anilines is 1. The quantitative estimate of drug-likeness (QED) is 0.167. The topological polar surface area (TPSA) is 151 Å². The molecule has 50 heavy (non-hydrogen) atoms. The minimum atomic E-state index is -0.780. The molecular weight excluding hydrogens is 659 g/mol. The Hall–Kier alpha value is -4.04. The van der Waals surface area contributed by atoms with E-state index < -0.39 is 35.3 Å². The Morgan fingerprint density at radius 2 is 1.70 bits per heavy atom. The minimum Gasteiger partial charge on any atom is -0.491 e. The van der Waals surface area contributed by atoms with Crippen LogP contribution in [0.15, 0.2) is 54.0 Å². The molecular formula is C37H51N5O7S. The van der Waals surface area contributed by atoms with Gasteiger partial charge in [0.2, 0.25) is 11.8 Å². The van der Waals surface area contributed by atoms with E-state index in [1.165, 1.54) is 4.90 Å². The number of amides is 3. The van der Waals surface area contributed by atoms with E-state index in [2.05, 4.69) is 20.9 Å². The molecule has 3 amide bonds. The van der Waals surface area contributed by atoms with E-state index >= 15 is 0 Å². The van der Waals surface area contributed by atoms with Crippen molar-refractivity contribution < 1.29 is 33.7 Å². The fraction of sp³-hybridized carbons (Fsp3) is 0.514. The minimum absolute atomic E-state index is 0.0972. The number of aryl methyl sites for hydroxylation is 1. The van der Waals surface area contributed by atoms with Crippen LogP contribution in [-0.4, -0.2) is 89.6 Å². The second-order valence-corrected chi connectivity index (χ2v) is 15.3. The molecule has 1 aliphatic rings. The van der Waals surface area contributed by atoms with Gasteiger partial charge in [0.05, 0.1) is 41.4 Å². The maximum absolute atomic E-state index is 13.8. The molecule has 2 aromatic carbocycles. The number of aromatic nitrogens is 1. The molecule has 3 atom stereocenters. The predicted molar refractivity (Wildman–Crippen MR) is 194 cm³/mol. The number of thiazole rings is 1. The van der Waals surface area contributed by atoms with Gasteiger partial charge < -0.3 is 34.9 Å². The fourth-order valence-corrected chi connectivity index (χ4v) is 6.36. The molecule has 0 spiro atoms. The third-order valence-electron chi connectivity index (χ3n) is 8.00. The number of carbonyl (C=O) groups is 3. The first-order chi connectivity index (χ1) is 23.6. The standard InChI is InChI=1S/C37H51N5O7S/c1-24-31(50-23-40-24)26-10-8-25(9-11-26)21-39-33(44)30-20-28(43)22-42(30)34(45)32(36(2,3)4)38-16-17-47-18-19-48-29-14-12-27(13-15-29)41-35(46)49-37(5,6)7/h8-15,23,28,30,32,38,43H,16-22H2,1-7H3,(H,39,44)(H,41,46)/t28-,30+,32-/m1/s1. The Bertz CT molecular complexity index is 1560. The molecule has 0 aliphatic carbocycles. The van der Waals surface area contributed by atoms with Gasteiger partial charge in [0.25, 0.3) is 0 Å². The van der Waals surface area contributed by atoms with Gasteiger partial charge in [-0.1, -0.05) is 45.0 Å². The summed E-state index contributed by atoms with van der Waals surface area (Å²) in [7, 11) is 0. The summed E-state index contributed by atoms with van der Waals surface area (Å²) in [5, 5.41) is 19.5. The number of hydrogen-bond acceptors (Lipinski definition) is 10. The zero-order valence-corrected chi connectivity index (χ0v) is 30.9. The molecule has 13 heteroatoms. The van der Waals surface area contributed by atoms with Crippen molar-refractivity contribution in [2.75, 3.05) is 38.2 Å². The number of likely N-dealkylation sites (tertiary alicyclic amines) is 1. The summed E-state index contributed by atoms with van der Waals surface area (Å²) >= 11 is 1.59. The summed E-state index contributed by atoms with van der Waals surface area (Å²) in [4.78, 5) is 46.0. The van der Waals surface area contributed by atoms with Crippen molar-refractivity contribution in [2.24, 2.45) is 5.41 Å². The van der Waals surface area contributed by atoms with Crippen LogP contribution in [0.25, 0.3) is 10.4 Å².